The van der Waals surface area contributed by atoms with Crippen LogP contribution >= 0.6 is 0 Å². The van der Waals surface area contributed by atoms with Crippen LogP contribution in [0.4, 0.5) is 13.6 Å². The molecular formula is C13H16F2N2O2. The van der Waals surface area contributed by atoms with E-state index in [4.69, 9.17) is 4.74 Å². The van der Waals surface area contributed by atoms with Crippen LogP contribution in [-0.4, -0.2) is 41.6 Å². The molecule has 104 valence electrons. The van der Waals surface area contributed by atoms with E-state index in [1.807, 2.05) is 12.1 Å². The summed E-state index contributed by atoms with van der Waals surface area (Å²) in [4.78, 5) is 16.9. The number of halogens is 2. The van der Waals surface area contributed by atoms with Crippen molar-refractivity contribution in [3.05, 3.63) is 30.1 Å². The van der Waals surface area contributed by atoms with Crippen molar-refractivity contribution in [2.75, 3.05) is 19.7 Å². The van der Waals surface area contributed by atoms with Gasteiger partial charge in [0.25, 0.3) is 5.92 Å². The molecule has 0 bridgehead atoms. The van der Waals surface area contributed by atoms with Gasteiger partial charge < -0.3 is 9.64 Å². The first-order valence-corrected chi connectivity index (χ1v) is 6.25. The number of carbonyl (C=O) groups excluding carboxylic acids is 1. The van der Waals surface area contributed by atoms with E-state index in [9.17, 15) is 13.6 Å². The van der Waals surface area contributed by atoms with Crippen LogP contribution < -0.4 is 0 Å². The van der Waals surface area contributed by atoms with Crippen LogP contribution in [0.1, 0.15) is 18.4 Å². The second-order valence-electron chi connectivity index (χ2n) is 4.56. The zero-order valence-corrected chi connectivity index (χ0v) is 10.5. The Balaban J connectivity index is 1.70. The van der Waals surface area contributed by atoms with E-state index in [1.54, 1.807) is 12.4 Å². The highest BCUT2D eigenvalue weighted by Crippen LogP contribution is 2.27. The van der Waals surface area contributed by atoms with Crippen LogP contribution in [0.2, 0.25) is 0 Å². The van der Waals surface area contributed by atoms with E-state index in [0.29, 0.717) is 6.42 Å². The highest BCUT2D eigenvalue weighted by atomic mass is 19.3. The second-order valence-corrected chi connectivity index (χ2v) is 4.56. The van der Waals surface area contributed by atoms with E-state index < -0.39 is 12.0 Å². The molecule has 1 amide bonds. The minimum Gasteiger partial charge on any atom is -0.449 e. The summed E-state index contributed by atoms with van der Waals surface area (Å²) in [6.45, 7) is 0.359. The topological polar surface area (TPSA) is 42.4 Å². The van der Waals surface area contributed by atoms with Crippen LogP contribution in [0.5, 0.6) is 0 Å². The number of pyridine rings is 1. The molecular weight excluding hydrogens is 254 g/mol. The van der Waals surface area contributed by atoms with Gasteiger partial charge in [-0.2, -0.15) is 0 Å². The molecule has 0 atom stereocenters. The summed E-state index contributed by atoms with van der Waals surface area (Å²) >= 11 is 0. The smallest absolute Gasteiger partial charge is 0.409 e. The third kappa shape index (κ3) is 4.15. The van der Waals surface area contributed by atoms with Crippen molar-refractivity contribution in [2.45, 2.75) is 25.2 Å². The third-order valence-electron chi connectivity index (χ3n) is 3.12. The molecule has 0 aromatic carbocycles. The first-order chi connectivity index (χ1) is 9.07. The predicted molar refractivity (Wildman–Crippen MR) is 65.0 cm³/mol. The number of hydrogen-bond acceptors (Lipinski definition) is 3. The van der Waals surface area contributed by atoms with E-state index in [0.717, 1.165) is 5.56 Å². The predicted octanol–water partition coefficient (Wildman–Crippen LogP) is 2.49. The quantitative estimate of drug-likeness (QED) is 0.847. The van der Waals surface area contributed by atoms with Gasteiger partial charge in [-0.25, -0.2) is 13.6 Å². The molecule has 0 aliphatic carbocycles. The van der Waals surface area contributed by atoms with Gasteiger partial charge in [0.15, 0.2) is 0 Å². The Labute approximate surface area is 110 Å². The van der Waals surface area contributed by atoms with Gasteiger partial charge in [0.05, 0.1) is 6.61 Å². The van der Waals surface area contributed by atoms with Crippen molar-refractivity contribution >= 4 is 6.09 Å². The van der Waals surface area contributed by atoms with Gasteiger partial charge in [-0.15, -0.1) is 0 Å². The Kier molecular flexibility index (Phi) is 4.29. The maximum absolute atomic E-state index is 12.9. The number of alkyl halides is 2. The van der Waals surface area contributed by atoms with Crippen molar-refractivity contribution in [3.63, 3.8) is 0 Å². The van der Waals surface area contributed by atoms with Gasteiger partial charge in [0, 0.05) is 44.7 Å². The number of piperidine rings is 1. The molecule has 1 aromatic heterocycles. The Hall–Kier alpha value is -1.72. The molecule has 0 N–H and O–H groups in total. The largest absolute Gasteiger partial charge is 0.449 e. The Morgan fingerprint density at radius 2 is 1.95 bits per heavy atom. The Morgan fingerprint density at radius 3 is 2.58 bits per heavy atom. The normalized spacial score (nSPS) is 18.1. The fourth-order valence-corrected chi connectivity index (χ4v) is 1.91. The van der Waals surface area contributed by atoms with Crippen molar-refractivity contribution in [3.8, 4) is 0 Å². The third-order valence-corrected chi connectivity index (χ3v) is 3.12. The average molecular weight is 270 g/mol. The molecule has 0 saturated carbocycles. The molecule has 0 unspecified atom stereocenters. The summed E-state index contributed by atoms with van der Waals surface area (Å²) < 4.78 is 30.9. The summed E-state index contributed by atoms with van der Waals surface area (Å²) in [5, 5.41) is 0. The molecule has 1 saturated heterocycles. The minimum atomic E-state index is -2.65. The summed E-state index contributed by atoms with van der Waals surface area (Å²) in [7, 11) is 0. The van der Waals surface area contributed by atoms with Gasteiger partial charge in [-0.1, -0.05) is 0 Å². The van der Waals surface area contributed by atoms with E-state index in [2.05, 4.69) is 4.98 Å². The number of amides is 1. The van der Waals surface area contributed by atoms with Crippen LogP contribution in [-0.2, 0) is 11.2 Å². The van der Waals surface area contributed by atoms with E-state index in [1.165, 1.54) is 4.90 Å². The van der Waals surface area contributed by atoms with Crippen molar-refractivity contribution < 1.29 is 18.3 Å². The number of hydrogen-bond donors (Lipinski definition) is 0. The van der Waals surface area contributed by atoms with Crippen LogP contribution in [0.15, 0.2) is 24.5 Å². The van der Waals surface area contributed by atoms with Crippen molar-refractivity contribution in [2.24, 2.45) is 0 Å². The van der Waals surface area contributed by atoms with Crippen LogP contribution in [0, 0.1) is 0 Å². The molecule has 0 spiro atoms. The molecule has 4 nitrogen and oxygen atoms in total. The fraction of sp³-hybridized carbons (Fsp3) is 0.538. The molecule has 2 heterocycles. The number of likely N-dealkylation sites (tertiary alicyclic amines) is 1. The second kappa shape index (κ2) is 5.95. The summed E-state index contributed by atoms with van der Waals surface area (Å²) in [6.07, 6.45) is 2.86. The summed E-state index contributed by atoms with van der Waals surface area (Å²) in [5.74, 6) is -2.65. The van der Waals surface area contributed by atoms with E-state index in [-0.39, 0.29) is 32.5 Å². The zero-order chi connectivity index (χ0) is 13.7. The SMILES string of the molecule is O=C(OCCc1ccncc1)N1CCC(F)(F)CC1. The maximum atomic E-state index is 12.9. The monoisotopic (exact) mass is 270 g/mol. The van der Waals surface area contributed by atoms with E-state index >= 15 is 0 Å². The lowest BCUT2D eigenvalue weighted by Crippen LogP contribution is -2.43. The molecule has 1 aliphatic rings. The highest BCUT2D eigenvalue weighted by Gasteiger charge is 2.35. The minimum absolute atomic E-state index is 0.0566. The van der Waals surface area contributed by atoms with Crippen molar-refractivity contribution in [1.29, 1.82) is 0 Å². The highest BCUT2D eigenvalue weighted by molar-refractivity contribution is 5.67. The number of carbonyl (C=O) groups is 1. The van der Waals surface area contributed by atoms with Crippen molar-refractivity contribution in [1.82, 2.24) is 9.88 Å². The lowest BCUT2D eigenvalue weighted by molar-refractivity contribution is -0.0524. The fourth-order valence-electron chi connectivity index (χ4n) is 1.91. The zero-order valence-electron chi connectivity index (χ0n) is 10.5. The van der Waals surface area contributed by atoms with Gasteiger partial charge in [-0.3, -0.25) is 4.98 Å². The first kappa shape index (κ1) is 13.7. The Bertz CT molecular complexity index is 416. The maximum Gasteiger partial charge on any atom is 0.409 e. The first-order valence-electron chi connectivity index (χ1n) is 6.25. The molecule has 1 aromatic rings. The number of rotatable bonds is 3. The summed E-state index contributed by atoms with van der Waals surface area (Å²) in [6, 6.07) is 3.69. The van der Waals surface area contributed by atoms with Crippen LogP contribution in [0.3, 0.4) is 0 Å². The molecule has 19 heavy (non-hydrogen) atoms. The summed E-state index contributed by atoms with van der Waals surface area (Å²) in [5.41, 5.74) is 1.02. The standard InChI is InChI=1S/C13H16F2N2O2/c14-13(15)4-8-17(9-5-13)12(18)19-10-3-11-1-6-16-7-2-11/h1-2,6-7H,3-5,8-10H2. The number of ether oxygens (including phenoxy) is 1. The molecule has 6 heteroatoms. The molecule has 1 aliphatic heterocycles. The van der Waals surface area contributed by atoms with Gasteiger partial charge in [0.2, 0.25) is 0 Å². The molecule has 1 fully saturated rings. The Morgan fingerprint density at radius 1 is 1.32 bits per heavy atom. The van der Waals surface area contributed by atoms with Gasteiger partial charge in [0.1, 0.15) is 0 Å². The molecule has 0 radical (unpaired) electrons. The number of aromatic nitrogens is 1. The lowest BCUT2D eigenvalue weighted by atomic mass is 10.1. The van der Waals surface area contributed by atoms with Gasteiger partial charge in [-0.05, 0) is 17.7 Å². The molecule has 2 rings (SSSR count). The lowest BCUT2D eigenvalue weighted by Gasteiger charge is -2.30. The number of nitrogens with zero attached hydrogens (tertiary/aromatic N) is 2. The van der Waals surface area contributed by atoms with Gasteiger partial charge >= 0.3 is 6.09 Å². The van der Waals surface area contributed by atoms with Crippen LogP contribution in [0.25, 0.3) is 0 Å². The average Bonchev–Trinajstić information content (AvgIpc) is 2.39.